The molecule has 0 radical (unpaired) electrons. The first-order valence-electron chi connectivity index (χ1n) is 9.20. The van der Waals surface area contributed by atoms with Crippen LogP contribution in [0.1, 0.15) is 34.3 Å². The van der Waals surface area contributed by atoms with Crippen LogP contribution in [0.3, 0.4) is 0 Å². The van der Waals surface area contributed by atoms with Crippen molar-refractivity contribution < 1.29 is 9.59 Å². The second-order valence-electron chi connectivity index (χ2n) is 6.96. The van der Waals surface area contributed by atoms with E-state index in [2.05, 4.69) is 11.4 Å². The molecule has 2 aromatic carbocycles. The third kappa shape index (κ3) is 2.94. The molecule has 0 atom stereocenters. The number of carbonyl (C=O) groups excluding carboxylic acids is 2. The van der Waals surface area contributed by atoms with E-state index < -0.39 is 0 Å². The Morgan fingerprint density at radius 1 is 0.962 bits per heavy atom. The van der Waals surface area contributed by atoms with Crippen LogP contribution >= 0.6 is 0 Å². The number of aryl methyl sites for hydroxylation is 1. The van der Waals surface area contributed by atoms with Gasteiger partial charge in [-0.05, 0) is 49.4 Å². The van der Waals surface area contributed by atoms with Gasteiger partial charge in [0.05, 0.1) is 11.3 Å². The predicted molar refractivity (Wildman–Crippen MR) is 103 cm³/mol. The summed E-state index contributed by atoms with van der Waals surface area (Å²) in [4.78, 5) is 29.4. The number of nitrogens with zero attached hydrogens (tertiary/aromatic N) is 2. The van der Waals surface area contributed by atoms with Gasteiger partial charge < -0.3 is 10.2 Å². The Labute approximate surface area is 153 Å². The number of hydrogen-bond acceptors (Lipinski definition) is 2. The van der Waals surface area contributed by atoms with Crippen LogP contribution < -0.4 is 10.2 Å². The molecular formula is C21H23N3O2. The summed E-state index contributed by atoms with van der Waals surface area (Å²) in [7, 11) is 0. The fourth-order valence-corrected chi connectivity index (χ4v) is 3.83. The first-order chi connectivity index (χ1) is 12.6. The number of para-hydroxylation sites is 2. The second-order valence-corrected chi connectivity index (χ2v) is 6.96. The number of rotatable bonds is 2. The lowest BCUT2D eigenvalue weighted by Crippen LogP contribution is -2.35. The van der Waals surface area contributed by atoms with Crippen molar-refractivity contribution in [2.45, 2.75) is 26.2 Å². The Hall–Kier alpha value is -2.82. The molecule has 2 aromatic rings. The molecule has 5 heteroatoms. The highest BCUT2D eigenvalue weighted by Gasteiger charge is 2.27. The number of fused-ring (bicyclic) bond motifs is 1. The van der Waals surface area contributed by atoms with E-state index in [0.717, 1.165) is 43.6 Å². The van der Waals surface area contributed by atoms with Gasteiger partial charge in [0.25, 0.3) is 5.91 Å². The topological polar surface area (TPSA) is 52.7 Å². The Bertz CT molecular complexity index is 856. The molecule has 0 bridgehead atoms. The summed E-state index contributed by atoms with van der Waals surface area (Å²) in [6.45, 7) is 4.17. The average Bonchev–Trinajstić information content (AvgIpc) is 3.32. The lowest BCUT2D eigenvalue weighted by Gasteiger charge is -2.22. The molecule has 2 aliphatic rings. The number of nitrogens with one attached hydrogen (secondary N) is 1. The minimum Gasteiger partial charge on any atom is -0.339 e. The second kappa shape index (κ2) is 6.83. The van der Waals surface area contributed by atoms with Crippen molar-refractivity contribution in [2.75, 3.05) is 29.9 Å². The van der Waals surface area contributed by atoms with Gasteiger partial charge in [-0.3, -0.25) is 9.69 Å². The van der Waals surface area contributed by atoms with Crippen molar-refractivity contribution >= 4 is 23.3 Å². The van der Waals surface area contributed by atoms with Crippen molar-refractivity contribution in [2.24, 2.45) is 0 Å². The maximum absolute atomic E-state index is 12.9. The van der Waals surface area contributed by atoms with Gasteiger partial charge in [0.15, 0.2) is 0 Å². The van der Waals surface area contributed by atoms with Crippen LogP contribution in [0.5, 0.6) is 0 Å². The monoisotopic (exact) mass is 349 g/mol. The third-order valence-corrected chi connectivity index (χ3v) is 5.26. The van der Waals surface area contributed by atoms with Gasteiger partial charge in [-0.2, -0.15) is 0 Å². The third-order valence-electron chi connectivity index (χ3n) is 5.26. The summed E-state index contributed by atoms with van der Waals surface area (Å²) >= 11 is 0. The molecule has 3 amide bonds. The zero-order chi connectivity index (χ0) is 18.1. The largest absolute Gasteiger partial charge is 0.339 e. The van der Waals surface area contributed by atoms with Crippen molar-refractivity contribution in [1.29, 1.82) is 0 Å². The number of likely N-dealkylation sites (tertiary alicyclic amines) is 1. The summed E-state index contributed by atoms with van der Waals surface area (Å²) in [5.41, 5.74) is 4.23. The average molecular weight is 349 g/mol. The van der Waals surface area contributed by atoms with Gasteiger partial charge in [-0.15, -0.1) is 0 Å². The van der Waals surface area contributed by atoms with Crippen LogP contribution in [0, 0.1) is 6.92 Å². The van der Waals surface area contributed by atoms with Crippen LogP contribution in [-0.2, 0) is 6.42 Å². The van der Waals surface area contributed by atoms with E-state index >= 15 is 0 Å². The lowest BCUT2D eigenvalue weighted by atomic mass is 10.1. The minimum atomic E-state index is -0.181. The quantitative estimate of drug-likeness (QED) is 0.896. The van der Waals surface area contributed by atoms with Crippen molar-refractivity contribution in [3.8, 4) is 0 Å². The summed E-state index contributed by atoms with van der Waals surface area (Å²) < 4.78 is 0. The summed E-state index contributed by atoms with van der Waals surface area (Å²) in [5, 5.41) is 3.01. The first-order valence-corrected chi connectivity index (χ1v) is 9.20. The normalized spacial score (nSPS) is 15.9. The number of hydrogen-bond donors (Lipinski definition) is 1. The molecule has 2 aliphatic heterocycles. The van der Waals surface area contributed by atoms with E-state index in [9.17, 15) is 9.59 Å². The van der Waals surface area contributed by atoms with Crippen LogP contribution in [0.25, 0.3) is 0 Å². The molecule has 134 valence electrons. The fourth-order valence-electron chi connectivity index (χ4n) is 3.83. The summed E-state index contributed by atoms with van der Waals surface area (Å²) in [6.07, 6.45) is 2.95. The molecule has 4 rings (SSSR count). The van der Waals surface area contributed by atoms with Crippen LogP contribution in [0.4, 0.5) is 16.2 Å². The molecule has 0 saturated carbocycles. The number of benzene rings is 2. The molecule has 0 spiro atoms. The Balaban J connectivity index is 1.60. The zero-order valence-corrected chi connectivity index (χ0v) is 15.0. The zero-order valence-electron chi connectivity index (χ0n) is 15.0. The molecule has 0 aromatic heterocycles. The van der Waals surface area contributed by atoms with Gasteiger partial charge in [-0.1, -0.05) is 30.3 Å². The SMILES string of the molecule is Cc1cccc(C(=O)N2CCCC2)c1NC(=O)N1CCc2ccccc21. The summed E-state index contributed by atoms with van der Waals surface area (Å²) in [5.74, 6) is 0.00308. The number of urea groups is 1. The van der Waals surface area contributed by atoms with Gasteiger partial charge in [-0.25, -0.2) is 4.79 Å². The lowest BCUT2D eigenvalue weighted by molar-refractivity contribution is 0.0794. The highest BCUT2D eigenvalue weighted by molar-refractivity contribution is 6.08. The van der Waals surface area contributed by atoms with Gasteiger partial charge in [0.1, 0.15) is 0 Å². The fraction of sp³-hybridized carbons (Fsp3) is 0.333. The van der Waals surface area contributed by atoms with Gasteiger partial charge in [0.2, 0.25) is 0 Å². The molecule has 1 fully saturated rings. The Morgan fingerprint density at radius 3 is 2.54 bits per heavy atom. The maximum Gasteiger partial charge on any atom is 0.326 e. The summed E-state index contributed by atoms with van der Waals surface area (Å²) in [6, 6.07) is 13.4. The van der Waals surface area contributed by atoms with Crippen molar-refractivity contribution in [3.63, 3.8) is 0 Å². The van der Waals surface area contributed by atoms with Crippen LogP contribution in [0.2, 0.25) is 0 Å². The van der Waals surface area contributed by atoms with Crippen LogP contribution in [-0.4, -0.2) is 36.5 Å². The minimum absolute atomic E-state index is 0.00308. The molecule has 0 aliphatic carbocycles. The Morgan fingerprint density at radius 2 is 1.73 bits per heavy atom. The first kappa shape index (κ1) is 16.6. The van der Waals surface area contributed by atoms with E-state index in [1.165, 1.54) is 5.56 Å². The molecule has 5 nitrogen and oxygen atoms in total. The smallest absolute Gasteiger partial charge is 0.326 e. The molecule has 1 saturated heterocycles. The molecule has 0 unspecified atom stereocenters. The molecular weight excluding hydrogens is 326 g/mol. The van der Waals surface area contributed by atoms with Crippen molar-refractivity contribution in [1.82, 2.24) is 4.90 Å². The van der Waals surface area contributed by atoms with Crippen LogP contribution in [0.15, 0.2) is 42.5 Å². The van der Waals surface area contributed by atoms with E-state index in [4.69, 9.17) is 0 Å². The Kier molecular flexibility index (Phi) is 4.37. The van der Waals surface area contributed by atoms with Gasteiger partial charge >= 0.3 is 6.03 Å². The molecule has 2 heterocycles. The van der Waals surface area contributed by atoms with Crippen molar-refractivity contribution in [3.05, 3.63) is 59.2 Å². The standard InChI is InChI=1S/C21H23N3O2/c1-15-7-6-9-17(20(25)23-12-4-5-13-23)19(15)22-21(26)24-14-11-16-8-2-3-10-18(16)24/h2-3,6-10H,4-5,11-14H2,1H3,(H,22,26). The van der Waals surface area contributed by atoms with E-state index in [0.29, 0.717) is 17.8 Å². The number of anilines is 2. The maximum atomic E-state index is 12.9. The number of amides is 3. The number of carbonyl (C=O) groups is 2. The van der Waals surface area contributed by atoms with E-state index in [1.807, 2.05) is 42.2 Å². The van der Waals surface area contributed by atoms with E-state index in [1.54, 1.807) is 11.0 Å². The highest BCUT2D eigenvalue weighted by Crippen LogP contribution is 2.29. The predicted octanol–water partition coefficient (Wildman–Crippen LogP) is 3.83. The molecule has 26 heavy (non-hydrogen) atoms. The van der Waals surface area contributed by atoms with Gasteiger partial charge in [0, 0.05) is 25.3 Å². The van der Waals surface area contributed by atoms with E-state index in [-0.39, 0.29) is 11.9 Å². The molecule has 1 N–H and O–H groups in total. The highest BCUT2D eigenvalue weighted by atomic mass is 16.2.